The number of alkyl halides is 3. The van der Waals surface area contributed by atoms with E-state index in [-0.39, 0.29) is 11.5 Å². The molecule has 0 spiro atoms. The number of fused-ring (bicyclic) bond motifs is 1. The number of hydrogen-bond donors (Lipinski definition) is 1. The minimum Gasteiger partial charge on any atom is -0.357 e. The molecule has 2 aromatic carbocycles. The van der Waals surface area contributed by atoms with Crippen LogP contribution in [0.4, 0.5) is 13.2 Å². The summed E-state index contributed by atoms with van der Waals surface area (Å²) in [6, 6.07) is 9.59. The first-order valence-corrected chi connectivity index (χ1v) is 9.28. The van der Waals surface area contributed by atoms with E-state index in [0.717, 1.165) is 12.1 Å². The van der Waals surface area contributed by atoms with Crippen LogP contribution < -0.4 is 5.32 Å². The predicted molar refractivity (Wildman–Crippen MR) is 108 cm³/mol. The third-order valence-corrected chi connectivity index (χ3v) is 5.09. The number of nitriles is 1. The molecule has 0 bridgehead atoms. The van der Waals surface area contributed by atoms with Gasteiger partial charge in [-0.2, -0.15) is 33.4 Å². The minimum atomic E-state index is -4.44. The lowest BCUT2D eigenvalue weighted by Gasteiger charge is -2.24. The van der Waals surface area contributed by atoms with Crippen LogP contribution in [0, 0.1) is 11.3 Å². The van der Waals surface area contributed by atoms with Gasteiger partial charge in [0.1, 0.15) is 21.6 Å². The van der Waals surface area contributed by atoms with E-state index in [1.165, 1.54) is 16.9 Å². The quantitative estimate of drug-likeness (QED) is 0.558. The molecule has 0 aliphatic rings. The highest BCUT2D eigenvalue weighted by atomic mass is 35.5. The number of hydrogen-bond acceptors (Lipinski definition) is 4. The Morgan fingerprint density at radius 3 is 2.10 bits per heavy atom. The van der Waals surface area contributed by atoms with Gasteiger partial charge in [-0.3, -0.25) is 0 Å². The first kappa shape index (κ1) is 21.3. The van der Waals surface area contributed by atoms with E-state index in [0.29, 0.717) is 26.6 Å². The molecule has 0 saturated heterocycles. The Morgan fingerprint density at radius 2 is 1.66 bits per heavy atom. The highest BCUT2D eigenvalue weighted by Crippen LogP contribution is 2.29. The topological polar surface area (TPSA) is 66.5 Å². The van der Waals surface area contributed by atoms with Crippen molar-refractivity contribution >= 4 is 51.4 Å². The molecular formula is C18H12Cl2F3N5S. The smallest absolute Gasteiger partial charge is 0.357 e. The van der Waals surface area contributed by atoms with Crippen molar-refractivity contribution in [1.29, 1.82) is 5.26 Å². The first-order chi connectivity index (χ1) is 13.5. The zero-order chi connectivity index (χ0) is 21.4. The van der Waals surface area contributed by atoms with Gasteiger partial charge in [0, 0.05) is 5.56 Å². The summed E-state index contributed by atoms with van der Waals surface area (Å²) in [4.78, 5) is 1.44. The molecule has 1 atom stereocenters. The summed E-state index contributed by atoms with van der Waals surface area (Å²) in [6.07, 6.45) is -4.44. The summed E-state index contributed by atoms with van der Waals surface area (Å²) in [5.41, 5.74) is -0.638. The van der Waals surface area contributed by atoms with Crippen LogP contribution in [-0.4, -0.2) is 25.5 Å². The lowest BCUT2D eigenvalue weighted by molar-refractivity contribution is -0.137. The second-order valence-corrected chi connectivity index (χ2v) is 7.68. The van der Waals surface area contributed by atoms with Crippen molar-refractivity contribution in [3.63, 3.8) is 0 Å². The van der Waals surface area contributed by atoms with Crippen molar-refractivity contribution in [2.45, 2.75) is 25.2 Å². The van der Waals surface area contributed by atoms with Gasteiger partial charge >= 0.3 is 6.18 Å². The molecule has 1 N–H and O–H groups in total. The molecule has 0 aliphatic carbocycles. The van der Waals surface area contributed by atoms with Crippen molar-refractivity contribution < 1.29 is 13.2 Å². The lowest BCUT2D eigenvalue weighted by atomic mass is 10.0. The largest absolute Gasteiger partial charge is 0.416 e. The molecule has 0 radical (unpaired) electrons. The fraction of sp³-hybridized carbons (Fsp3) is 0.222. The van der Waals surface area contributed by atoms with Crippen LogP contribution in [0.3, 0.4) is 0 Å². The Hall–Kier alpha value is -2.41. The fourth-order valence-corrected chi connectivity index (χ4v) is 3.22. The number of nitrogens with zero attached hydrogens (tertiary/aromatic N) is 4. The number of aromatic nitrogens is 3. The van der Waals surface area contributed by atoms with Crippen molar-refractivity contribution in [3.8, 4) is 6.07 Å². The summed E-state index contributed by atoms with van der Waals surface area (Å²) in [5.74, 6) is 0. The average molecular weight is 458 g/mol. The number of thiocarbonyl (C=S) groups is 1. The molecule has 29 heavy (non-hydrogen) atoms. The van der Waals surface area contributed by atoms with Gasteiger partial charge in [-0.05, 0) is 31.2 Å². The third kappa shape index (κ3) is 4.78. The summed E-state index contributed by atoms with van der Waals surface area (Å²) in [7, 11) is 0. The molecule has 0 aliphatic heterocycles. The van der Waals surface area contributed by atoms with Crippen molar-refractivity contribution in [2.75, 3.05) is 0 Å². The van der Waals surface area contributed by atoms with Crippen molar-refractivity contribution in [1.82, 2.24) is 20.3 Å². The van der Waals surface area contributed by atoms with E-state index in [1.807, 2.05) is 0 Å². The maximum Gasteiger partial charge on any atom is 0.416 e. The maximum atomic E-state index is 12.7. The number of rotatable bonds is 4. The van der Waals surface area contributed by atoms with Crippen LogP contribution in [0.5, 0.6) is 0 Å². The van der Waals surface area contributed by atoms with Gasteiger partial charge in [-0.1, -0.05) is 47.6 Å². The molecule has 0 saturated carbocycles. The molecule has 1 heterocycles. The number of nitrogens with one attached hydrogen (secondary N) is 1. The number of benzene rings is 2. The van der Waals surface area contributed by atoms with E-state index in [4.69, 9.17) is 35.4 Å². The van der Waals surface area contributed by atoms with E-state index < -0.39 is 17.3 Å². The van der Waals surface area contributed by atoms with E-state index >= 15 is 0 Å². The second-order valence-electron chi connectivity index (χ2n) is 6.46. The van der Waals surface area contributed by atoms with Crippen LogP contribution in [0.2, 0.25) is 10.0 Å². The molecule has 150 valence electrons. The Balaban J connectivity index is 1.79. The second kappa shape index (κ2) is 7.78. The van der Waals surface area contributed by atoms with Crippen LogP contribution in [0.15, 0.2) is 36.4 Å². The Kier molecular flexibility index (Phi) is 5.72. The highest BCUT2D eigenvalue weighted by Gasteiger charge is 2.31. The van der Waals surface area contributed by atoms with Crippen molar-refractivity contribution in [3.05, 3.63) is 57.6 Å². The standard InChI is InChI=1S/C18H12Cl2F3N5S/c1-17(8-24,9-28-26-14-6-12(19)13(20)7-15(14)27-28)25-16(29)10-2-4-11(5-3-10)18(21,22)23/h2-7H,9H2,1H3,(H,25,29). The molecule has 0 fully saturated rings. The van der Waals surface area contributed by atoms with Gasteiger partial charge < -0.3 is 5.32 Å². The van der Waals surface area contributed by atoms with Gasteiger partial charge in [0.25, 0.3) is 0 Å². The monoisotopic (exact) mass is 457 g/mol. The Morgan fingerprint density at radius 1 is 1.14 bits per heavy atom. The van der Waals surface area contributed by atoms with E-state index in [1.54, 1.807) is 19.1 Å². The SMILES string of the molecule is CC(C#N)(Cn1nc2cc(Cl)c(Cl)cc2n1)NC(=S)c1ccc(C(F)(F)F)cc1. The molecular weight excluding hydrogens is 446 g/mol. The van der Waals surface area contributed by atoms with Crippen LogP contribution in [0.1, 0.15) is 18.1 Å². The summed E-state index contributed by atoms with van der Waals surface area (Å²) < 4.78 is 38.1. The van der Waals surface area contributed by atoms with Gasteiger partial charge in [-0.15, -0.1) is 0 Å². The molecule has 3 rings (SSSR count). The molecule has 0 amide bonds. The average Bonchev–Trinajstić information content (AvgIpc) is 3.01. The van der Waals surface area contributed by atoms with E-state index in [9.17, 15) is 18.4 Å². The van der Waals surface area contributed by atoms with Gasteiger partial charge in [-0.25, -0.2) is 0 Å². The lowest BCUT2D eigenvalue weighted by Crippen LogP contribution is -2.48. The van der Waals surface area contributed by atoms with Crippen LogP contribution in [0.25, 0.3) is 11.0 Å². The van der Waals surface area contributed by atoms with Gasteiger partial charge in [0.2, 0.25) is 0 Å². The summed E-state index contributed by atoms with van der Waals surface area (Å²) >= 11 is 17.2. The fourth-order valence-electron chi connectivity index (χ4n) is 2.55. The first-order valence-electron chi connectivity index (χ1n) is 8.12. The van der Waals surface area contributed by atoms with Crippen LogP contribution in [-0.2, 0) is 12.7 Å². The summed E-state index contributed by atoms with van der Waals surface area (Å²) in [5, 5.41) is 21.7. The van der Waals surface area contributed by atoms with Crippen LogP contribution >= 0.6 is 35.4 Å². The summed E-state index contributed by atoms with van der Waals surface area (Å²) in [6.45, 7) is 1.60. The number of halogens is 5. The zero-order valence-electron chi connectivity index (χ0n) is 14.8. The molecule has 1 unspecified atom stereocenters. The third-order valence-electron chi connectivity index (χ3n) is 4.03. The van der Waals surface area contributed by atoms with Crippen molar-refractivity contribution in [2.24, 2.45) is 0 Å². The molecule has 11 heteroatoms. The normalized spacial score (nSPS) is 13.7. The van der Waals surface area contributed by atoms with Gasteiger partial charge in [0.15, 0.2) is 0 Å². The predicted octanol–water partition coefficient (Wildman–Crippen LogP) is 5.00. The molecule has 5 nitrogen and oxygen atoms in total. The maximum absolute atomic E-state index is 12.7. The van der Waals surface area contributed by atoms with Gasteiger partial charge in [0.05, 0.1) is 28.2 Å². The Bertz CT molecular complexity index is 1080. The molecule has 1 aromatic heterocycles. The highest BCUT2D eigenvalue weighted by molar-refractivity contribution is 7.80. The zero-order valence-corrected chi connectivity index (χ0v) is 17.1. The minimum absolute atomic E-state index is 0.0220. The Labute approximate surface area is 179 Å². The molecule has 3 aromatic rings. The van der Waals surface area contributed by atoms with E-state index in [2.05, 4.69) is 21.6 Å².